The van der Waals surface area contributed by atoms with Crippen LogP contribution in [0.1, 0.15) is 25.1 Å². The zero-order chi connectivity index (χ0) is 10.1. The van der Waals surface area contributed by atoms with E-state index in [0.29, 0.717) is 0 Å². The molecule has 14 heavy (non-hydrogen) atoms. The van der Waals surface area contributed by atoms with Gasteiger partial charge in [0.25, 0.3) is 5.56 Å². The van der Waals surface area contributed by atoms with Crippen LogP contribution < -0.4 is 5.56 Å². The summed E-state index contributed by atoms with van der Waals surface area (Å²) >= 11 is 0. The molecule has 0 radical (unpaired) electrons. The van der Waals surface area contributed by atoms with E-state index in [2.05, 4.69) is 10.1 Å². The van der Waals surface area contributed by atoms with Gasteiger partial charge in [0.05, 0.1) is 5.69 Å². The molecular weight excluding hydrogens is 178 g/mol. The highest BCUT2D eigenvalue weighted by Crippen LogP contribution is 2.03. The average Bonchev–Trinajstić information content (AvgIpc) is 2.58. The van der Waals surface area contributed by atoms with Gasteiger partial charge < -0.3 is 4.98 Å². The summed E-state index contributed by atoms with van der Waals surface area (Å²) in [6.07, 6.45) is 3.41. The van der Waals surface area contributed by atoms with Crippen molar-refractivity contribution in [3.8, 4) is 0 Å². The second-order valence-corrected chi connectivity index (χ2v) is 3.28. The topological polar surface area (TPSA) is 50.2 Å². The number of nitrogens with zero attached hydrogens (tertiary/aromatic N) is 2. The van der Waals surface area contributed by atoms with Gasteiger partial charge in [0.1, 0.15) is 5.65 Å². The Kier molecular flexibility index (Phi) is 2.11. The van der Waals surface area contributed by atoms with Crippen LogP contribution in [0.2, 0.25) is 0 Å². The summed E-state index contributed by atoms with van der Waals surface area (Å²) in [7, 11) is 0. The van der Waals surface area contributed by atoms with Gasteiger partial charge in [-0.05, 0) is 12.8 Å². The van der Waals surface area contributed by atoms with Crippen molar-refractivity contribution in [3.63, 3.8) is 0 Å². The van der Waals surface area contributed by atoms with Crippen LogP contribution in [0.3, 0.4) is 0 Å². The van der Waals surface area contributed by atoms with Gasteiger partial charge in [-0.25, -0.2) is 4.52 Å². The highest BCUT2D eigenvalue weighted by molar-refractivity contribution is 5.39. The molecule has 0 aliphatic carbocycles. The fourth-order valence-electron chi connectivity index (χ4n) is 1.46. The molecule has 2 heterocycles. The largest absolute Gasteiger partial charge is 0.307 e. The lowest BCUT2D eigenvalue weighted by Gasteiger charge is -1.96. The van der Waals surface area contributed by atoms with Gasteiger partial charge in [0, 0.05) is 17.8 Å². The fourth-order valence-corrected chi connectivity index (χ4v) is 1.46. The molecule has 0 bridgehead atoms. The molecule has 2 aromatic rings. The monoisotopic (exact) mass is 191 g/mol. The Hall–Kier alpha value is -1.58. The van der Waals surface area contributed by atoms with Crippen molar-refractivity contribution >= 4 is 5.65 Å². The minimum absolute atomic E-state index is 0.0115. The smallest absolute Gasteiger partial charge is 0.254 e. The van der Waals surface area contributed by atoms with Crippen molar-refractivity contribution in [2.45, 2.75) is 26.7 Å². The van der Waals surface area contributed by atoms with Crippen LogP contribution in [0.15, 0.2) is 17.1 Å². The van der Waals surface area contributed by atoms with E-state index < -0.39 is 0 Å². The van der Waals surface area contributed by atoms with Crippen molar-refractivity contribution in [1.82, 2.24) is 14.6 Å². The third kappa shape index (κ3) is 1.32. The maximum atomic E-state index is 11.5. The minimum atomic E-state index is -0.0115. The second-order valence-electron chi connectivity index (χ2n) is 3.28. The van der Waals surface area contributed by atoms with Crippen molar-refractivity contribution in [2.75, 3.05) is 0 Å². The summed E-state index contributed by atoms with van der Waals surface area (Å²) < 4.78 is 1.74. The van der Waals surface area contributed by atoms with Gasteiger partial charge in [-0.3, -0.25) is 4.79 Å². The average molecular weight is 191 g/mol. The maximum Gasteiger partial charge on any atom is 0.254 e. The van der Waals surface area contributed by atoms with Gasteiger partial charge in [-0.2, -0.15) is 5.10 Å². The zero-order valence-electron chi connectivity index (χ0n) is 8.37. The number of aromatic amines is 1. The Morgan fingerprint density at radius 1 is 1.43 bits per heavy atom. The summed E-state index contributed by atoms with van der Waals surface area (Å²) in [4.78, 5) is 14.3. The Morgan fingerprint density at radius 2 is 2.21 bits per heavy atom. The van der Waals surface area contributed by atoms with E-state index in [9.17, 15) is 4.79 Å². The van der Waals surface area contributed by atoms with E-state index in [0.717, 1.165) is 29.7 Å². The lowest BCUT2D eigenvalue weighted by molar-refractivity contribution is 0.862. The van der Waals surface area contributed by atoms with E-state index in [4.69, 9.17) is 0 Å². The maximum absolute atomic E-state index is 11.5. The van der Waals surface area contributed by atoms with Gasteiger partial charge >= 0.3 is 0 Å². The van der Waals surface area contributed by atoms with E-state index in [1.807, 2.05) is 19.9 Å². The first kappa shape index (κ1) is 8.99. The number of nitrogens with one attached hydrogen (secondary N) is 1. The van der Waals surface area contributed by atoms with Crippen LogP contribution in [0, 0.1) is 0 Å². The predicted octanol–water partition coefficient (Wildman–Crippen LogP) is 1.15. The van der Waals surface area contributed by atoms with Crippen molar-refractivity contribution in [2.24, 2.45) is 0 Å². The molecule has 4 heteroatoms. The van der Waals surface area contributed by atoms with Crippen LogP contribution in [0.4, 0.5) is 0 Å². The van der Waals surface area contributed by atoms with Crippen LogP contribution in [-0.2, 0) is 12.8 Å². The summed E-state index contributed by atoms with van der Waals surface area (Å²) in [6.45, 7) is 4.00. The number of hydrogen-bond acceptors (Lipinski definition) is 2. The quantitative estimate of drug-likeness (QED) is 0.774. The highest BCUT2D eigenvalue weighted by atomic mass is 16.1. The Morgan fingerprint density at radius 3 is 2.86 bits per heavy atom. The first-order valence-electron chi connectivity index (χ1n) is 4.85. The third-order valence-electron chi connectivity index (χ3n) is 2.34. The normalized spacial score (nSPS) is 11.0. The number of hydrogen-bond donors (Lipinski definition) is 1. The van der Waals surface area contributed by atoms with Crippen molar-refractivity contribution < 1.29 is 0 Å². The van der Waals surface area contributed by atoms with E-state index in [1.165, 1.54) is 0 Å². The lowest BCUT2D eigenvalue weighted by atomic mass is 10.3. The number of fused-ring (bicyclic) bond motifs is 1. The highest BCUT2D eigenvalue weighted by Gasteiger charge is 2.03. The summed E-state index contributed by atoms with van der Waals surface area (Å²) in [5, 5.41) is 4.33. The molecule has 0 atom stereocenters. The van der Waals surface area contributed by atoms with Crippen LogP contribution in [0.25, 0.3) is 5.65 Å². The van der Waals surface area contributed by atoms with E-state index in [-0.39, 0.29) is 5.56 Å². The molecule has 0 aromatic carbocycles. The summed E-state index contributed by atoms with van der Waals surface area (Å²) in [6, 6.07) is 1.90. The minimum Gasteiger partial charge on any atom is -0.307 e. The molecule has 0 saturated heterocycles. The van der Waals surface area contributed by atoms with Crippen LogP contribution in [0.5, 0.6) is 0 Å². The van der Waals surface area contributed by atoms with Crippen molar-refractivity contribution in [3.05, 3.63) is 33.9 Å². The summed E-state index contributed by atoms with van der Waals surface area (Å²) in [5.74, 6) is 0. The molecule has 74 valence electrons. The first-order valence-corrected chi connectivity index (χ1v) is 4.85. The Labute approximate surface area is 81.6 Å². The molecule has 0 spiro atoms. The molecule has 0 aliphatic heterocycles. The molecule has 4 nitrogen and oxygen atoms in total. The molecular formula is C10H13N3O. The number of aromatic nitrogens is 3. The van der Waals surface area contributed by atoms with Gasteiger partial charge in [0.15, 0.2) is 0 Å². The van der Waals surface area contributed by atoms with Crippen LogP contribution in [-0.4, -0.2) is 14.6 Å². The van der Waals surface area contributed by atoms with E-state index >= 15 is 0 Å². The molecule has 0 amide bonds. The first-order chi connectivity index (χ1) is 6.74. The van der Waals surface area contributed by atoms with Gasteiger partial charge in [-0.1, -0.05) is 13.8 Å². The number of rotatable bonds is 2. The molecule has 2 rings (SSSR count). The van der Waals surface area contributed by atoms with Crippen molar-refractivity contribution in [1.29, 1.82) is 0 Å². The van der Waals surface area contributed by atoms with Crippen LogP contribution >= 0.6 is 0 Å². The Bertz CT molecular complexity index is 510. The Balaban J connectivity index is 2.70. The zero-order valence-corrected chi connectivity index (χ0v) is 8.37. The molecule has 1 N–H and O–H groups in total. The molecule has 0 unspecified atom stereocenters. The van der Waals surface area contributed by atoms with E-state index in [1.54, 1.807) is 10.7 Å². The molecule has 2 aromatic heterocycles. The molecule has 0 fully saturated rings. The molecule has 0 saturated carbocycles. The summed E-state index contributed by atoms with van der Waals surface area (Å²) in [5.41, 5.74) is 2.52. The standard InChI is InChI=1S/C10H13N3O/c1-3-7-6-13-9(11-10(7)14)5-8(4-2)12-13/h5-6H,3-4H2,1-2H3,(H,11,14). The number of H-pyrrole nitrogens is 1. The second kappa shape index (κ2) is 3.29. The molecule has 0 aliphatic rings. The number of aryl methyl sites for hydroxylation is 2. The fraction of sp³-hybridized carbons (Fsp3) is 0.400. The van der Waals surface area contributed by atoms with Gasteiger partial charge in [-0.15, -0.1) is 0 Å². The third-order valence-corrected chi connectivity index (χ3v) is 2.34. The van der Waals surface area contributed by atoms with Gasteiger partial charge in [0.2, 0.25) is 0 Å². The lowest BCUT2D eigenvalue weighted by Crippen LogP contribution is -2.13. The predicted molar refractivity (Wildman–Crippen MR) is 54.6 cm³/mol. The SMILES string of the molecule is CCc1cc2[nH]c(=O)c(CC)cn2n1.